The highest BCUT2D eigenvalue weighted by Gasteiger charge is 2.48. The summed E-state index contributed by atoms with van der Waals surface area (Å²) in [6.07, 6.45) is -1.11. The van der Waals surface area contributed by atoms with E-state index in [4.69, 9.17) is 18.9 Å². The average Bonchev–Trinajstić information content (AvgIpc) is 2.70. The predicted octanol–water partition coefficient (Wildman–Crippen LogP) is 2.17. The molecule has 0 spiro atoms. The van der Waals surface area contributed by atoms with Gasteiger partial charge in [0.05, 0.1) is 40.2 Å². The Hall–Kier alpha value is -2.93. The summed E-state index contributed by atoms with van der Waals surface area (Å²) in [7, 11) is 6.11. The molecule has 0 bridgehead atoms. The largest absolute Gasteiger partial charge is 0.497 e. The van der Waals surface area contributed by atoms with E-state index in [2.05, 4.69) is 0 Å². The molecule has 2 aromatic rings. The van der Waals surface area contributed by atoms with Crippen LogP contribution in [-0.2, 0) is 4.79 Å². The molecule has 1 amide bonds. The van der Waals surface area contributed by atoms with Gasteiger partial charge in [0.2, 0.25) is 5.75 Å². The second-order valence-electron chi connectivity index (χ2n) is 5.75. The van der Waals surface area contributed by atoms with E-state index < -0.39 is 12.1 Å². The maximum atomic E-state index is 12.4. The van der Waals surface area contributed by atoms with E-state index in [1.807, 2.05) is 12.1 Å². The first-order chi connectivity index (χ1) is 12.5. The zero-order chi connectivity index (χ0) is 18.8. The zero-order valence-corrected chi connectivity index (χ0v) is 15.1. The fraction of sp³-hybridized carbons (Fsp3) is 0.316. The van der Waals surface area contributed by atoms with Crippen LogP contribution >= 0.6 is 0 Å². The van der Waals surface area contributed by atoms with Crippen molar-refractivity contribution in [3.05, 3.63) is 42.0 Å². The minimum Gasteiger partial charge on any atom is -0.497 e. The number of rotatable bonds is 6. The molecule has 3 rings (SSSR count). The smallest absolute Gasteiger partial charge is 0.259 e. The van der Waals surface area contributed by atoms with Crippen molar-refractivity contribution in [2.75, 3.05) is 33.3 Å². The van der Waals surface area contributed by atoms with Gasteiger partial charge in [-0.2, -0.15) is 0 Å². The van der Waals surface area contributed by atoms with Gasteiger partial charge in [-0.25, -0.2) is 0 Å². The number of nitrogens with zero attached hydrogens (tertiary/aromatic N) is 1. The molecule has 0 aromatic heterocycles. The van der Waals surface area contributed by atoms with Gasteiger partial charge in [-0.1, -0.05) is 12.1 Å². The molecule has 2 atom stereocenters. The van der Waals surface area contributed by atoms with Gasteiger partial charge in [0.15, 0.2) is 17.6 Å². The molecule has 138 valence electrons. The number of carbonyl (C=O) groups is 1. The van der Waals surface area contributed by atoms with Crippen LogP contribution in [0.1, 0.15) is 11.6 Å². The van der Waals surface area contributed by atoms with Gasteiger partial charge in [-0.3, -0.25) is 9.69 Å². The van der Waals surface area contributed by atoms with Crippen LogP contribution in [0.25, 0.3) is 0 Å². The summed E-state index contributed by atoms with van der Waals surface area (Å²) < 4.78 is 21.2. The van der Waals surface area contributed by atoms with Crippen molar-refractivity contribution in [3.63, 3.8) is 0 Å². The minimum absolute atomic E-state index is 0.389. The highest BCUT2D eigenvalue weighted by Crippen LogP contribution is 2.46. The summed E-state index contributed by atoms with van der Waals surface area (Å²) in [4.78, 5) is 13.9. The number of benzene rings is 2. The van der Waals surface area contributed by atoms with Crippen LogP contribution < -0.4 is 23.8 Å². The average molecular weight is 359 g/mol. The van der Waals surface area contributed by atoms with Gasteiger partial charge < -0.3 is 24.1 Å². The first kappa shape index (κ1) is 17.9. The van der Waals surface area contributed by atoms with Crippen molar-refractivity contribution in [1.29, 1.82) is 0 Å². The molecule has 7 nitrogen and oxygen atoms in total. The molecule has 0 radical (unpaired) electrons. The molecule has 1 saturated heterocycles. The van der Waals surface area contributed by atoms with Crippen molar-refractivity contribution in [1.82, 2.24) is 0 Å². The lowest BCUT2D eigenvalue weighted by Crippen LogP contribution is -2.59. The number of hydrogen-bond donors (Lipinski definition) is 1. The number of carbonyl (C=O) groups excluding carboxylic acids is 1. The fourth-order valence-corrected chi connectivity index (χ4v) is 3.10. The summed E-state index contributed by atoms with van der Waals surface area (Å²) in [5.74, 6) is 1.62. The minimum atomic E-state index is -1.11. The first-order valence-electron chi connectivity index (χ1n) is 8.00. The number of aliphatic hydroxyl groups excluding tert-OH is 1. The molecule has 0 saturated carbocycles. The van der Waals surface area contributed by atoms with Crippen LogP contribution in [0.4, 0.5) is 5.69 Å². The quantitative estimate of drug-likeness (QED) is 0.797. The lowest BCUT2D eigenvalue weighted by molar-refractivity contribution is -0.137. The number of amides is 1. The van der Waals surface area contributed by atoms with E-state index in [9.17, 15) is 9.90 Å². The molecule has 1 N–H and O–H groups in total. The van der Waals surface area contributed by atoms with E-state index in [1.54, 1.807) is 31.4 Å². The van der Waals surface area contributed by atoms with Crippen LogP contribution in [0.15, 0.2) is 36.4 Å². The Bertz CT molecular complexity index is 779. The maximum Gasteiger partial charge on any atom is 0.259 e. The number of aliphatic hydroxyl groups is 1. The summed E-state index contributed by atoms with van der Waals surface area (Å²) in [6.45, 7) is 0. The van der Waals surface area contributed by atoms with E-state index in [0.717, 1.165) is 5.56 Å². The number of anilines is 1. The Kier molecular flexibility index (Phi) is 4.90. The van der Waals surface area contributed by atoms with Gasteiger partial charge in [-0.15, -0.1) is 0 Å². The van der Waals surface area contributed by atoms with Gasteiger partial charge in [0.25, 0.3) is 5.91 Å². The second kappa shape index (κ2) is 7.13. The molecule has 1 heterocycles. The van der Waals surface area contributed by atoms with Gasteiger partial charge in [-0.05, 0) is 17.7 Å². The third-order valence-electron chi connectivity index (χ3n) is 4.45. The second-order valence-corrected chi connectivity index (χ2v) is 5.75. The van der Waals surface area contributed by atoms with E-state index in [0.29, 0.717) is 28.7 Å². The van der Waals surface area contributed by atoms with Crippen LogP contribution in [-0.4, -0.2) is 45.6 Å². The van der Waals surface area contributed by atoms with E-state index in [1.165, 1.54) is 26.2 Å². The van der Waals surface area contributed by atoms with Crippen molar-refractivity contribution in [2.24, 2.45) is 0 Å². The Morgan fingerprint density at radius 2 is 1.46 bits per heavy atom. The first-order valence-corrected chi connectivity index (χ1v) is 8.00. The number of β-lactam (4-membered cyclic amide) rings is 1. The number of methoxy groups -OCH3 is 4. The summed E-state index contributed by atoms with van der Waals surface area (Å²) in [5.41, 5.74) is 1.35. The normalized spacial score (nSPS) is 19.0. The van der Waals surface area contributed by atoms with Crippen molar-refractivity contribution in [2.45, 2.75) is 12.1 Å². The van der Waals surface area contributed by atoms with Crippen molar-refractivity contribution < 1.29 is 28.8 Å². The highest BCUT2D eigenvalue weighted by atomic mass is 16.5. The molecule has 1 aliphatic rings. The Balaban J connectivity index is 2.02. The SMILES string of the molecule is COc1ccc([C@@H]2[C@@H](O)C(=O)N2c2cc(OC)c(OC)c(OC)c2)cc1. The molecular formula is C19H21NO6. The maximum absolute atomic E-state index is 12.4. The summed E-state index contributed by atoms with van der Waals surface area (Å²) in [5, 5.41) is 10.2. The zero-order valence-electron chi connectivity index (χ0n) is 15.1. The molecule has 2 aromatic carbocycles. The fourth-order valence-electron chi connectivity index (χ4n) is 3.10. The molecular weight excluding hydrogens is 338 g/mol. The number of hydrogen-bond acceptors (Lipinski definition) is 6. The van der Waals surface area contributed by atoms with Crippen molar-refractivity contribution in [3.8, 4) is 23.0 Å². The van der Waals surface area contributed by atoms with Crippen LogP contribution in [0, 0.1) is 0 Å². The topological polar surface area (TPSA) is 77.5 Å². The van der Waals surface area contributed by atoms with E-state index in [-0.39, 0.29) is 5.91 Å². The molecule has 0 aliphatic carbocycles. The van der Waals surface area contributed by atoms with Crippen LogP contribution in [0.2, 0.25) is 0 Å². The van der Waals surface area contributed by atoms with Gasteiger partial charge in [0, 0.05) is 12.1 Å². The molecule has 7 heteroatoms. The lowest BCUT2D eigenvalue weighted by atomic mass is 9.90. The van der Waals surface area contributed by atoms with E-state index >= 15 is 0 Å². The third kappa shape index (κ3) is 2.80. The highest BCUT2D eigenvalue weighted by molar-refractivity contribution is 6.05. The number of ether oxygens (including phenoxy) is 4. The standard InChI is InChI=1S/C19H21NO6/c1-23-13-7-5-11(6-8-13)16-17(21)19(22)20(16)12-9-14(24-2)18(26-4)15(10-12)25-3/h5-10,16-17,21H,1-4H3/t16-,17-/m1/s1. The summed E-state index contributed by atoms with van der Waals surface area (Å²) >= 11 is 0. The molecule has 1 aliphatic heterocycles. The molecule has 26 heavy (non-hydrogen) atoms. The Morgan fingerprint density at radius 3 is 1.92 bits per heavy atom. The summed E-state index contributed by atoms with van der Waals surface area (Å²) in [6, 6.07) is 10.1. The third-order valence-corrected chi connectivity index (χ3v) is 4.45. The Labute approximate surface area is 151 Å². The molecule has 1 fully saturated rings. The van der Waals surface area contributed by atoms with Gasteiger partial charge in [0.1, 0.15) is 5.75 Å². The predicted molar refractivity (Wildman–Crippen MR) is 95.3 cm³/mol. The van der Waals surface area contributed by atoms with Crippen molar-refractivity contribution >= 4 is 11.6 Å². The Morgan fingerprint density at radius 1 is 0.885 bits per heavy atom. The lowest BCUT2D eigenvalue weighted by Gasteiger charge is -2.44. The monoisotopic (exact) mass is 359 g/mol. The molecule has 0 unspecified atom stereocenters. The van der Waals surface area contributed by atoms with Gasteiger partial charge >= 0.3 is 0 Å². The van der Waals surface area contributed by atoms with Crippen LogP contribution in [0.3, 0.4) is 0 Å². The van der Waals surface area contributed by atoms with Crippen LogP contribution in [0.5, 0.6) is 23.0 Å².